The van der Waals surface area contributed by atoms with E-state index in [1.807, 2.05) is 47.4 Å². The van der Waals surface area contributed by atoms with Crippen molar-refractivity contribution >= 4 is 29.2 Å². The van der Waals surface area contributed by atoms with Crippen molar-refractivity contribution in [1.82, 2.24) is 4.98 Å². The van der Waals surface area contributed by atoms with E-state index < -0.39 is 11.5 Å². The molecule has 1 atom stereocenters. The van der Waals surface area contributed by atoms with Gasteiger partial charge >= 0.3 is 5.97 Å². The highest BCUT2D eigenvalue weighted by atomic mass is 35.5. The number of anilines is 1. The number of aromatic nitrogens is 1. The Morgan fingerprint density at radius 3 is 2.78 bits per heavy atom. The molecule has 162 valence electrons. The second-order valence-corrected chi connectivity index (χ2v) is 8.24. The lowest BCUT2D eigenvalue weighted by molar-refractivity contribution is -0.143. The van der Waals surface area contributed by atoms with Gasteiger partial charge in [-0.2, -0.15) is 0 Å². The maximum atomic E-state index is 12.2. The van der Waals surface area contributed by atoms with Crippen molar-refractivity contribution in [3.05, 3.63) is 83.1 Å². The van der Waals surface area contributed by atoms with E-state index in [4.69, 9.17) is 21.1 Å². The molecular weight excluding hydrogens is 430 g/mol. The maximum Gasteiger partial charge on any atom is 0.335 e. The van der Waals surface area contributed by atoms with Gasteiger partial charge in [-0.15, -0.1) is 0 Å². The third-order valence-electron chi connectivity index (χ3n) is 5.56. The van der Waals surface area contributed by atoms with Crippen LogP contribution in [0.25, 0.3) is 0 Å². The van der Waals surface area contributed by atoms with Crippen LogP contribution in [0.1, 0.15) is 11.3 Å². The highest BCUT2D eigenvalue weighted by molar-refractivity contribution is 6.31. The van der Waals surface area contributed by atoms with E-state index >= 15 is 0 Å². The van der Waals surface area contributed by atoms with Crippen LogP contribution in [0.3, 0.4) is 0 Å². The zero-order valence-electron chi connectivity index (χ0n) is 17.1. The highest BCUT2D eigenvalue weighted by Gasteiger charge is 2.45. The Kier molecular flexibility index (Phi) is 5.19. The molecule has 0 saturated carbocycles. The molecule has 0 aliphatic carbocycles. The molecule has 1 N–H and O–H groups in total. The minimum absolute atomic E-state index is 0.0441. The minimum Gasteiger partial charge on any atom is -0.479 e. The molecule has 0 fully saturated rings. The van der Waals surface area contributed by atoms with Gasteiger partial charge in [0.15, 0.2) is 11.3 Å². The van der Waals surface area contributed by atoms with Crippen molar-refractivity contribution in [3.63, 3.8) is 0 Å². The van der Waals surface area contributed by atoms with E-state index in [9.17, 15) is 9.90 Å². The average molecular weight is 450 g/mol. The molecule has 3 heterocycles. The third-order valence-corrected chi connectivity index (χ3v) is 5.79. The number of aliphatic imine (C=N–C) groups is 1. The third kappa shape index (κ3) is 3.87. The Balaban J connectivity index is 1.47. The second kappa shape index (κ2) is 8.16. The van der Waals surface area contributed by atoms with E-state index in [1.165, 1.54) is 0 Å². The zero-order valence-corrected chi connectivity index (χ0v) is 17.8. The normalized spacial score (nSPS) is 19.2. The number of nitrogens with zero attached hydrogens (tertiary/aromatic N) is 3. The molecule has 7 nitrogen and oxygen atoms in total. The van der Waals surface area contributed by atoms with Gasteiger partial charge in [-0.1, -0.05) is 35.9 Å². The average Bonchev–Trinajstić information content (AvgIpc) is 3.13. The zero-order chi connectivity index (χ0) is 22.1. The van der Waals surface area contributed by atoms with Crippen LogP contribution in [-0.2, 0) is 22.5 Å². The van der Waals surface area contributed by atoms with E-state index in [2.05, 4.69) is 9.98 Å². The summed E-state index contributed by atoms with van der Waals surface area (Å²) in [4.78, 5) is 23.0. The standard InChI is InChI=1S/C24H20ClN3O4/c25-17-8-9-21-19(11-17)28(13-16-5-1-2-7-20(16)32-21)14-22-27-24(15-31-22,23(29)30)12-18-6-3-4-10-26-18/h1-11H,12-15H2,(H,29,30). The molecule has 5 rings (SSSR count). The van der Waals surface area contributed by atoms with Gasteiger partial charge in [0, 0.05) is 35.4 Å². The van der Waals surface area contributed by atoms with Crippen molar-refractivity contribution in [3.8, 4) is 11.5 Å². The topological polar surface area (TPSA) is 84.2 Å². The Bertz CT molecular complexity index is 1200. The van der Waals surface area contributed by atoms with Gasteiger partial charge in [-0.3, -0.25) is 4.98 Å². The molecule has 2 aliphatic heterocycles. The summed E-state index contributed by atoms with van der Waals surface area (Å²) in [6.45, 7) is 0.770. The van der Waals surface area contributed by atoms with Crippen LogP contribution in [0.4, 0.5) is 5.69 Å². The largest absolute Gasteiger partial charge is 0.479 e. The van der Waals surface area contributed by atoms with Crippen molar-refractivity contribution < 1.29 is 19.4 Å². The van der Waals surface area contributed by atoms with Gasteiger partial charge < -0.3 is 19.5 Å². The van der Waals surface area contributed by atoms with Gasteiger partial charge in [0.25, 0.3) is 0 Å². The molecule has 1 aromatic heterocycles. The van der Waals surface area contributed by atoms with Gasteiger partial charge in [0.2, 0.25) is 5.90 Å². The fraction of sp³-hybridized carbons (Fsp3) is 0.208. The number of fused-ring (bicyclic) bond motifs is 2. The van der Waals surface area contributed by atoms with Crippen LogP contribution in [0, 0.1) is 0 Å². The van der Waals surface area contributed by atoms with Gasteiger partial charge in [-0.25, -0.2) is 9.79 Å². The molecule has 0 saturated heterocycles. The molecule has 2 aromatic carbocycles. The fourth-order valence-corrected chi connectivity index (χ4v) is 4.10. The predicted octanol–water partition coefficient (Wildman–Crippen LogP) is 4.34. The van der Waals surface area contributed by atoms with Crippen LogP contribution < -0.4 is 9.64 Å². The first-order chi connectivity index (χ1) is 15.5. The summed E-state index contributed by atoms with van der Waals surface area (Å²) in [5.74, 6) is 0.749. The first-order valence-corrected chi connectivity index (χ1v) is 10.6. The second-order valence-electron chi connectivity index (χ2n) is 7.81. The number of benzene rings is 2. The number of aliphatic carboxylic acids is 1. The Morgan fingerprint density at radius 2 is 1.97 bits per heavy atom. The van der Waals surface area contributed by atoms with Crippen molar-refractivity contribution in [2.24, 2.45) is 4.99 Å². The van der Waals surface area contributed by atoms with Crippen LogP contribution in [0.15, 0.2) is 71.9 Å². The van der Waals surface area contributed by atoms with Crippen molar-refractivity contribution in [2.75, 3.05) is 18.1 Å². The maximum absolute atomic E-state index is 12.2. The van der Waals surface area contributed by atoms with Crippen LogP contribution in [0.2, 0.25) is 5.02 Å². The van der Waals surface area contributed by atoms with E-state index in [1.54, 1.807) is 24.4 Å². The molecule has 3 aromatic rings. The smallest absolute Gasteiger partial charge is 0.335 e. The minimum atomic E-state index is -1.40. The number of carboxylic acids is 1. The van der Waals surface area contributed by atoms with E-state index in [0.29, 0.717) is 28.9 Å². The number of carbonyl (C=O) groups is 1. The quantitative estimate of drug-likeness (QED) is 0.623. The highest BCUT2D eigenvalue weighted by Crippen LogP contribution is 2.40. The summed E-state index contributed by atoms with van der Waals surface area (Å²) in [5.41, 5.74) is 1.04. The number of hydrogen-bond donors (Lipinski definition) is 1. The lowest BCUT2D eigenvalue weighted by atomic mass is 9.95. The lowest BCUT2D eigenvalue weighted by Gasteiger charge is -2.23. The summed E-state index contributed by atoms with van der Waals surface area (Å²) in [6.07, 6.45) is 1.79. The Morgan fingerprint density at radius 1 is 1.12 bits per heavy atom. The molecule has 0 bridgehead atoms. The summed E-state index contributed by atoms with van der Waals surface area (Å²) in [6, 6.07) is 18.6. The van der Waals surface area contributed by atoms with E-state index in [-0.39, 0.29) is 19.6 Å². The number of halogens is 1. The summed E-state index contributed by atoms with van der Waals surface area (Å²) >= 11 is 6.27. The number of ether oxygens (including phenoxy) is 2. The number of rotatable bonds is 5. The molecule has 32 heavy (non-hydrogen) atoms. The molecule has 2 aliphatic rings. The monoisotopic (exact) mass is 449 g/mol. The Labute approximate surface area is 189 Å². The van der Waals surface area contributed by atoms with Crippen LogP contribution in [0.5, 0.6) is 11.5 Å². The summed E-state index contributed by atoms with van der Waals surface area (Å²) in [7, 11) is 0. The lowest BCUT2D eigenvalue weighted by Crippen LogP contribution is -2.40. The van der Waals surface area contributed by atoms with Gasteiger partial charge in [-0.05, 0) is 36.4 Å². The first kappa shape index (κ1) is 20.3. The molecule has 0 amide bonds. The van der Waals surface area contributed by atoms with Crippen LogP contribution in [-0.4, -0.2) is 40.6 Å². The van der Waals surface area contributed by atoms with Gasteiger partial charge in [0.05, 0.1) is 12.2 Å². The molecule has 1 unspecified atom stereocenters. The summed E-state index contributed by atoms with van der Waals surface area (Å²) < 4.78 is 11.9. The first-order valence-electron chi connectivity index (χ1n) is 10.2. The number of carboxylic acid groups (broad SMARTS) is 1. The van der Waals surface area contributed by atoms with E-state index in [0.717, 1.165) is 17.0 Å². The van der Waals surface area contributed by atoms with Crippen molar-refractivity contribution in [2.45, 2.75) is 18.5 Å². The molecule has 8 heteroatoms. The SMILES string of the molecule is O=C(O)C1(Cc2ccccn2)COC(CN2Cc3ccccc3Oc3ccc(Cl)cc32)=N1. The summed E-state index contributed by atoms with van der Waals surface area (Å²) in [5, 5.41) is 10.5. The fourth-order valence-electron chi connectivity index (χ4n) is 3.94. The molecular formula is C24H20ClN3O4. The predicted molar refractivity (Wildman–Crippen MR) is 121 cm³/mol. The molecule has 0 spiro atoms. The number of hydrogen-bond acceptors (Lipinski definition) is 6. The van der Waals surface area contributed by atoms with Crippen molar-refractivity contribution in [1.29, 1.82) is 0 Å². The van der Waals surface area contributed by atoms with Gasteiger partial charge in [0.1, 0.15) is 12.4 Å². The van der Waals surface area contributed by atoms with Crippen LogP contribution >= 0.6 is 11.6 Å². The number of para-hydroxylation sites is 1. The molecule has 0 radical (unpaired) electrons. The number of pyridine rings is 1. The Hall–Kier alpha value is -3.58.